The standard InChI is InChI=1S/C18H25N3O2S/c1-12(2)10-19-18(24)21(7-8-22)11-15-9-14-6-4-5-13(3)16(14)20-17(15)23/h4-6,9,12,22H,7-8,10-11H2,1-3H3,(H,19,24)(H,20,23). The second-order valence-corrected chi connectivity index (χ2v) is 6.77. The first-order chi connectivity index (χ1) is 11.4. The maximum absolute atomic E-state index is 12.4. The van der Waals surface area contributed by atoms with Gasteiger partial charge in [0.1, 0.15) is 0 Å². The second kappa shape index (κ2) is 8.26. The molecule has 0 aliphatic heterocycles. The lowest BCUT2D eigenvalue weighted by Crippen LogP contribution is -2.43. The zero-order valence-electron chi connectivity index (χ0n) is 14.4. The minimum atomic E-state index is -0.119. The predicted octanol–water partition coefficient (Wildman–Crippen LogP) is 2.16. The number of fused-ring (bicyclic) bond motifs is 1. The Morgan fingerprint density at radius 1 is 1.42 bits per heavy atom. The molecule has 0 saturated carbocycles. The summed E-state index contributed by atoms with van der Waals surface area (Å²) in [6, 6.07) is 7.82. The number of aryl methyl sites for hydroxylation is 1. The topological polar surface area (TPSA) is 68.4 Å². The van der Waals surface area contributed by atoms with Crippen LogP contribution in [0.3, 0.4) is 0 Å². The smallest absolute Gasteiger partial charge is 0.253 e. The SMILES string of the molecule is Cc1cccc2cc(CN(CCO)C(=S)NCC(C)C)c(=O)[nH]c12. The normalized spacial score (nSPS) is 11.0. The molecule has 0 fully saturated rings. The van der Waals surface area contributed by atoms with Gasteiger partial charge in [-0.1, -0.05) is 32.0 Å². The minimum Gasteiger partial charge on any atom is -0.395 e. The number of rotatable bonds is 6. The lowest BCUT2D eigenvalue weighted by Gasteiger charge is -2.25. The van der Waals surface area contributed by atoms with Crippen LogP contribution in [-0.4, -0.2) is 39.8 Å². The van der Waals surface area contributed by atoms with Crippen LogP contribution in [0.4, 0.5) is 0 Å². The average molecular weight is 347 g/mol. The number of benzene rings is 1. The lowest BCUT2D eigenvalue weighted by molar-refractivity contribution is 0.245. The highest BCUT2D eigenvalue weighted by Gasteiger charge is 2.13. The van der Waals surface area contributed by atoms with E-state index in [0.717, 1.165) is 23.0 Å². The molecule has 0 aliphatic carbocycles. The van der Waals surface area contributed by atoms with Gasteiger partial charge in [0, 0.05) is 18.7 Å². The molecule has 0 unspecified atom stereocenters. The fraction of sp³-hybridized carbons (Fsp3) is 0.444. The van der Waals surface area contributed by atoms with Crippen LogP contribution < -0.4 is 10.9 Å². The van der Waals surface area contributed by atoms with Crippen LogP contribution in [0.5, 0.6) is 0 Å². The van der Waals surface area contributed by atoms with Gasteiger partial charge in [-0.15, -0.1) is 0 Å². The van der Waals surface area contributed by atoms with Crippen molar-refractivity contribution in [2.24, 2.45) is 5.92 Å². The molecule has 0 saturated heterocycles. The Morgan fingerprint density at radius 2 is 2.17 bits per heavy atom. The summed E-state index contributed by atoms with van der Waals surface area (Å²) in [7, 11) is 0. The van der Waals surface area contributed by atoms with Gasteiger partial charge in [0.25, 0.3) is 5.56 Å². The molecule has 1 aromatic heterocycles. The number of aromatic nitrogens is 1. The van der Waals surface area contributed by atoms with Crippen LogP contribution in [0.2, 0.25) is 0 Å². The Bertz CT molecular complexity index is 770. The Balaban J connectivity index is 2.25. The van der Waals surface area contributed by atoms with E-state index in [9.17, 15) is 9.90 Å². The largest absolute Gasteiger partial charge is 0.395 e. The average Bonchev–Trinajstić information content (AvgIpc) is 2.53. The first-order valence-corrected chi connectivity index (χ1v) is 8.58. The number of thiocarbonyl (C=S) groups is 1. The van der Waals surface area contributed by atoms with Crippen molar-refractivity contribution in [3.8, 4) is 0 Å². The number of H-pyrrole nitrogens is 1. The Morgan fingerprint density at radius 3 is 2.83 bits per heavy atom. The van der Waals surface area contributed by atoms with E-state index >= 15 is 0 Å². The number of nitrogens with zero attached hydrogens (tertiary/aromatic N) is 1. The van der Waals surface area contributed by atoms with E-state index in [1.54, 1.807) is 0 Å². The van der Waals surface area contributed by atoms with Gasteiger partial charge in [-0.2, -0.15) is 0 Å². The van der Waals surface area contributed by atoms with Crippen LogP contribution in [0.25, 0.3) is 10.9 Å². The number of pyridine rings is 1. The van der Waals surface area contributed by atoms with E-state index in [4.69, 9.17) is 12.2 Å². The maximum atomic E-state index is 12.4. The fourth-order valence-electron chi connectivity index (χ4n) is 2.53. The van der Waals surface area contributed by atoms with Gasteiger partial charge in [-0.3, -0.25) is 4.79 Å². The molecule has 24 heavy (non-hydrogen) atoms. The molecule has 1 aromatic carbocycles. The van der Waals surface area contributed by atoms with Gasteiger partial charge in [0.2, 0.25) is 0 Å². The van der Waals surface area contributed by atoms with E-state index in [2.05, 4.69) is 24.1 Å². The Hall–Kier alpha value is -1.92. The van der Waals surface area contributed by atoms with E-state index in [1.165, 1.54) is 0 Å². The lowest BCUT2D eigenvalue weighted by atomic mass is 10.1. The second-order valence-electron chi connectivity index (χ2n) is 6.39. The molecule has 0 bridgehead atoms. The zero-order chi connectivity index (χ0) is 17.7. The van der Waals surface area contributed by atoms with Crippen LogP contribution >= 0.6 is 12.2 Å². The van der Waals surface area contributed by atoms with Crippen LogP contribution in [-0.2, 0) is 6.54 Å². The highest BCUT2D eigenvalue weighted by atomic mass is 32.1. The van der Waals surface area contributed by atoms with E-state index in [0.29, 0.717) is 29.7 Å². The maximum Gasteiger partial charge on any atom is 0.253 e. The van der Waals surface area contributed by atoms with E-state index in [-0.39, 0.29) is 12.2 Å². The van der Waals surface area contributed by atoms with E-state index in [1.807, 2.05) is 36.1 Å². The quantitative estimate of drug-likeness (QED) is 0.699. The van der Waals surface area contributed by atoms with Crippen molar-refractivity contribution in [2.75, 3.05) is 19.7 Å². The number of aliphatic hydroxyl groups is 1. The Labute approximate surface area is 147 Å². The number of hydrogen-bond acceptors (Lipinski definition) is 3. The summed E-state index contributed by atoms with van der Waals surface area (Å²) in [5.41, 5.74) is 2.42. The van der Waals surface area contributed by atoms with Crippen molar-refractivity contribution in [3.63, 3.8) is 0 Å². The van der Waals surface area contributed by atoms with Gasteiger partial charge in [0.15, 0.2) is 5.11 Å². The van der Waals surface area contributed by atoms with Crippen molar-refractivity contribution >= 4 is 28.2 Å². The first-order valence-electron chi connectivity index (χ1n) is 8.17. The van der Waals surface area contributed by atoms with Crippen LogP contribution in [0, 0.1) is 12.8 Å². The summed E-state index contributed by atoms with van der Waals surface area (Å²) < 4.78 is 0. The van der Waals surface area contributed by atoms with Crippen LogP contribution in [0.15, 0.2) is 29.1 Å². The molecule has 5 nitrogen and oxygen atoms in total. The molecule has 0 spiro atoms. The Kier molecular flexibility index (Phi) is 6.34. The summed E-state index contributed by atoms with van der Waals surface area (Å²) in [6.45, 7) is 7.66. The number of para-hydroxylation sites is 1. The van der Waals surface area contributed by atoms with Gasteiger partial charge in [-0.05, 0) is 42.1 Å². The summed E-state index contributed by atoms with van der Waals surface area (Å²) in [5, 5.41) is 14.0. The molecular formula is C18H25N3O2S. The molecule has 6 heteroatoms. The molecule has 3 N–H and O–H groups in total. The zero-order valence-corrected chi connectivity index (χ0v) is 15.2. The number of aromatic amines is 1. The monoisotopic (exact) mass is 347 g/mol. The molecule has 1 heterocycles. The van der Waals surface area contributed by atoms with Crippen molar-refractivity contribution in [1.29, 1.82) is 0 Å². The van der Waals surface area contributed by atoms with Gasteiger partial charge < -0.3 is 20.3 Å². The summed E-state index contributed by atoms with van der Waals surface area (Å²) in [5.74, 6) is 0.464. The van der Waals surface area contributed by atoms with E-state index < -0.39 is 0 Å². The van der Waals surface area contributed by atoms with Gasteiger partial charge in [-0.25, -0.2) is 0 Å². The number of hydrogen-bond donors (Lipinski definition) is 3. The summed E-state index contributed by atoms with van der Waals surface area (Å²) in [6.07, 6.45) is 0. The summed E-state index contributed by atoms with van der Waals surface area (Å²) >= 11 is 5.41. The predicted molar refractivity (Wildman–Crippen MR) is 102 cm³/mol. The molecule has 130 valence electrons. The molecule has 0 aliphatic rings. The molecule has 2 aromatic rings. The number of aliphatic hydroxyl groups excluding tert-OH is 1. The fourth-order valence-corrected chi connectivity index (χ4v) is 2.77. The highest BCUT2D eigenvalue weighted by Crippen LogP contribution is 2.15. The summed E-state index contributed by atoms with van der Waals surface area (Å²) in [4.78, 5) is 17.2. The molecule has 0 atom stereocenters. The minimum absolute atomic E-state index is 0.0197. The molecule has 0 radical (unpaired) electrons. The third-order valence-corrected chi connectivity index (χ3v) is 4.25. The molecule has 2 rings (SSSR count). The highest BCUT2D eigenvalue weighted by molar-refractivity contribution is 7.80. The van der Waals surface area contributed by atoms with Crippen molar-refractivity contribution in [1.82, 2.24) is 15.2 Å². The van der Waals surface area contributed by atoms with Crippen molar-refractivity contribution in [3.05, 3.63) is 45.7 Å². The molecular weight excluding hydrogens is 322 g/mol. The van der Waals surface area contributed by atoms with Crippen molar-refractivity contribution in [2.45, 2.75) is 27.3 Å². The molecule has 0 amide bonds. The van der Waals surface area contributed by atoms with Crippen LogP contribution in [0.1, 0.15) is 25.0 Å². The first kappa shape index (κ1) is 18.4. The number of nitrogens with one attached hydrogen (secondary N) is 2. The van der Waals surface area contributed by atoms with Crippen molar-refractivity contribution < 1.29 is 5.11 Å². The van der Waals surface area contributed by atoms with Gasteiger partial charge in [0.05, 0.1) is 18.7 Å². The third-order valence-electron chi connectivity index (χ3n) is 3.84. The third kappa shape index (κ3) is 4.55. The van der Waals surface area contributed by atoms with Gasteiger partial charge >= 0.3 is 0 Å².